The minimum atomic E-state index is -0.346. The van der Waals surface area contributed by atoms with E-state index in [4.69, 9.17) is 10.4 Å². The summed E-state index contributed by atoms with van der Waals surface area (Å²) in [4.78, 5) is 34.1. The van der Waals surface area contributed by atoms with Gasteiger partial charge in [0.15, 0.2) is 0 Å². The van der Waals surface area contributed by atoms with E-state index in [-0.39, 0.29) is 28.6 Å². The molecule has 1 aliphatic heterocycles. The predicted octanol–water partition coefficient (Wildman–Crippen LogP) is 3.26. The van der Waals surface area contributed by atoms with Crippen LogP contribution in [0.5, 0.6) is 0 Å². The molecule has 0 aliphatic carbocycles. The largest absolute Gasteiger partial charge is 0.351 e. The summed E-state index contributed by atoms with van der Waals surface area (Å²) >= 11 is 0. The maximum Gasteiger partial charge on any atom is 0.267 e. The van der Waals surface area contributed by atoms with E-state index in [2.05, 4.69) is 10.2 Å². The number of aromatic nitrogens is 3. The summed E-state index contributed by atoms with van der Waals surface area (Å²) in [6.45, 7) is 7.26. The molecule has 1 amide bonds. The molecule has 36 heavy (non-hydrogen) atoms. The van der Waals surface area contributed by atoms with Crippen molar-refractivity contribution in [2.24, 2.45) is 0 Å². The van der Waals surface area contributed by atoms with Crippen molar-refractivity contribution in [3.8, 4) is 0 Å². The first-order chi connectivity index (χ1) is 17.5. The number of fused-ring (bicyclic) bond motifs is 2. The third-order valence-corrected chi connectivity index (χ3v) is 7.15. The normalized spacial score (nSPS) is 15.3. The Hall–Kier alpha value is -3.78. The molecular formula is C28H32N6O2. The summed E-state index contributed by atoms with van der Waals surface area (Å²) in [6.07, 6.45) is 5.34. The molecule has 1 saturated heterocycles. The Morgan fingerprint density at radius 1 is 1.08 bits per heavy atom. The number of carbonyl (C=O) groups is 1. The van der Waals surface area contributed by atoms with Crippen LogP contribution >= 0.6 is 0 Å². The number of rotatable bonds is 6. The van der Waals surface area contributed by atoms with Crippen molar-refractivity contribution in [1.29, 1.82) is 5.41 Å². The third-order valence-electron chi connectivity index (χ3n) is 7.15. The second-order valence-corrected chi connectivity index (χ2v) is 9.56. The molecule has 1 atom stereocenters. The first kappa shape index (κ1) is 23.9. The maximum absolute atomic E-state index is 13.6. The van der Waals surface area contributed by atoms with Crippen LogP contribution in [0.15, 0.2) is 59.5 Å². The summed E-state index contributed by atoms with van der Waals surface area (Å²) < 4.78 is 3.22. The second-order valence-electron chi connectivity index (χ2n) is 9.56. The van der Waals surface area contributed by atoms with Gasteiger partial charge in [-0.25, -0.2) is 4.98 Å². The molecule has 1 unspecified atom stereocenters. The molecule has 3 aromatic heterocycles. The number of pyridine rings is 2. The molecule has 5 rings (SSSR count). The Morgan fingerprint density at radius 2 is 1.83 bits per heavy atom. The lowest BCUT2D eigenvalue weighted by atomic mass is 10.1. The van der Waals surface area contributed by atoms with Crippen molar-refractivity contribution in [2.45, 2.75) is 39.2 Å². The lowest BCUT2D eigenvalue weighted by molar-refractivity contribution is 0.0944. The minimum absolute atomic E-state index is 0.0409. The number of nitrogens with one attached hydrogen (secondary N) is 2. The molecule has 0 bridgehead atoms. The van der Waals surface area contributed by atoms with Crippen molar-refractivity contribution < 1.29 is 4.79 Å². The highest BCUT2D eigenvalue weighted by Crippen LogP contribution is 2.21. The monoisotopic (exact) mass is 484 g/mol. The molecule has 0 spiro atoms. The Bertz CT molecular complexity index is 1530. The van der Waals surface area contributed by atoms with Gasteiger partial charge in [-0.2, -0.15) is 0 Å². The van der Waals surface area contributed by atoms with E-state index in [1.54, 1.807) is 10.8 Å². The fourth-order valence-electron chi connectivity index (χ4n) is 5.10. The van der Waals surface area contributed by atoms with Gasteiger partial charge in [0.2, 0.25) is 0 Å². The van der Waals surface area contributed by atoms with E-state index in [0.29, 0.717) is 23.2 Å². The molecule has 1 aliphatic rings. The first-order valence-corrected chi connectivity index (χ1v) is 12.6. The summed E-state index contributed by atoms with van der Waals surface area (Å²) in [5.41, 5.74) is 2.74. The van der Waals surface area contributed by atoms with E-state index in [1.807, 2.05) is 56.3 Å². The average molecular weight is 485 g/mol. The van der Waals surface area contributed by atoms with Crippen molar-refractivity contribution in [1.82, 2.24) is 24.2 Å². The Kier molecular flexibility index (Phi) is 6.69. The number of benzene rings is 1. The van der Waals surface area contributed by atoms with Crippen LogP contribution < -0.4 is 16.4 Å². The molecular weight excluding hydrogens is 452 g/mol. The zero-order valence-corrected chi connectivity index (χ0v) is 20.8. The first-order valence-electron chi connectivity index (χ1n) is 12.6. The predicted molar refractivity (Wildman–Crippen MR) is 140 cm³/mol. The molecule has 1 fully saturated rings. The number of hydrogen-bond donors (Lipinski definition) is 2. The van der Waals surface area contributed by atoms with Crippen molar-refractivity contribution >= 4 is 22.6 Å². The zero-order chi connectivity index (χ0) is 25.2. The highest BCUT2D eigenvalue weighted by atomic mass is 16.1. The summed E-state index contributed by atoms with van der Waals surface area (Å²) in [6, 6.07) is 14.7. The van der Waals surface area contributed by atoms with Crippen LogP contribution in [0.25, 0.3) is 16.7 Å². The number of carbonyl (C=O) groups excluding carboxylic acids is 1. The fourth-order valence-corrected chi connectivity index (χ4v) is 5.10. The zero-order valence-electron chi connectivity index (χ0n) is 20.8. The van der Waals surface area contributed by atoms with Gasteiger partial charge >= 0.3 is 0 Å². The molecule has 8 nitrogen and oxygen atoms in total. The van der Waals surface area contributed by atoms with Gasteiger partial charge in [0.05, 0.1) is 17.0 Å². The van der Waals surface area contributed by atoms with Gasteiger partial charge in [0.25, 0.3) is 11.5 Å². The van der Waals surface area contributed by atoms with E-state index in [1.165, 1.54) is 29.7 Å². The van der Waals surface area contributed by atoms with Gasteiger partial charge in [0, 0.05) is 19.3 Å². The summed E-state index contributed by atoms with van der Waals surface area (Å²) in [7, 11) is 0. The summed E-state index contributed by atoms with van der Waals surface area (Å²) in [5.74, 6) is -0.346. The van der Waals surface area contributed by atoms with Gasteiger partial charge in [-0.3, -0.25) is 19.4 Å². The molecule has 4 aromatic rings. The van der Waals surface area contributed by atoms with E-state index < -0.39 is 0 Å². The quantitative estimate of drug-likeness (QED) is 0.411. The van der Waals surface area contributed by atoms with Crippen LogP contribution in [0, 0.1) is 12.3 Å². The lowest BCUT2D eigenvalue weighted by Crippen LogP contribution is -2.40. The SMILES string of the molecule is Cc1cccn2c(=O)c3cc(C(=O)NCCN4CCCCC4)c(=N)n(C(C)c4ccccc4)c3nc12. The number of hydrogen-bond acceptors (Lipinski definition) is 5. The molecule has 4 heterocycles. The highest BCUT2D eigenvalue weighted by molar-refractivity contribution is 5.96. The molecule has 0 saturated carbocycles. The van der Waals surface area contributed by atoms with Crippen molar-refractivity contribution in [2.75, 3.05) is 26.2 Å². The van der Waals surface area contributed by atoms with Gasteiger partial charge < -0.3 is 14.8 Å². The van der Waals surface area contributed by atoms with Crippen molar-refractivity contribution in [3.63, 3.8) is 0 Å². The molecule has 8 heteroatoms. The number of likely N-dealkylation sites (tertiary alicyclic amines) is 1. The fraction of sp³-hybridized carbons (Fsp3) is 0.357. The van der Waals surface area contributed by atoms with Crippen LogP contribution in [0.1, 0.15) is 53.7 Å². The highest BCUT2D eigenvalue weighted by Gasteiger charge is 2.21. The second kappa shape index (κ2) is 10.1. The minimum Gasteiger partial charge on any atom is -0.351 e. The average Bonchev–Trinajstić information content (AvgIpc) is 2.90. The lowest BCUT2D eigenvalue weighted by Gasteiger charge is -2.26. The maximum atomic E-state index is 13.6. The molecule has 186 valence electrons. The van der Waals surface area contributed by atoms with E-state index >= 15 is 0 Å². The van der Waals surface area contributed by atoms with Crippen LogP contribution in [-0.2, 0) is 0 Å². The van der Waals surface area contributed by atoms with E-state index in [9.17, 15) is 9.59 Å². The Morgan fingerprint density at radius 3 is 2.58 bits per heavy atom. The molecule has 0 radical (unpaired) electrons. The molecule has 2 N–H and O–H groups in total. The van der Waals surface area contributed by atoms with Crippen LogP contribution in [0.4, 0.5) is 0 Å². The van der Waals surface area contributed by atoms with E-state index in [0.717, 1.165) is 30.8 Å². The van der Waals surface area contributed by atoms with Crippen molar-refractivity contribution in [3.05, 3.63) is 87.3 Å². The topological polar surface area (TPSA) is 95.5 Å². The number of piperidine rings is 1. The summed E-state index contributed by atoms with van der Waals surface area (Å²) in [5, 5.41) is 12.3. The third kappa shape index (κ3) is 4.44. The standard InChI is InChI=1S/C28H32N6O2/c1-19-10-9-16-33-25(19)31-26-23(28(33)36)18-22(27(35)30-13-17-32-14-7-4-8-15-32)24(29)34(26)20(2)21-11-5-3-6-12-21/h3,5-6,9-12,16,18,20,29H,4,7-8,13-15,17H2,1-2H3,(H,30,35). The number of nitrogens with zero attached hydrogens (tertiary/aromatic N) is 4. The number of aryl methyl sites for hydroxylation is 1. The Labute approximate surface area is 209 Å². The van der Waals surface area contributed by atoms with Crippen LogP contribution in [-0.4, -0.2) is 50.9 Å². The van der Waals surface area contributed by atoms with Gasteiger partial charge in [-0.05, 0) is 63.0 Å². The van der Waals surface area contributed by atoms with Gasteiger partial charge in [0.1, 0.15) is 16.8 Å². The smallest absolute Gasteiger partial charge is 0.267 e. The van der Waals surface area contributed by atoms with Crippen LogP contribution in [0.2, 0.25) is 0 Å². The Balaban J connectivity index is 1.62. The number of amides is 1. The van der Waals surface area contributed by atoms with Crippen LogP contribution in [0.3, 0.4) is 0 Å². The van der Waals surface area contributed by atoms with Gasteiger partial charge in [-0.1, -0.05) is 42.8 Å². The van der Waals surface area contributed by atoms with Gasteiger partial charge in [-0.15, -0.1) is 0 Å². The molecule has 1 aromatic carbocycles.